The Hall–Kier alpha value is -1.99. The summed E-state index contributed by atoms with van der Waals surface area (Å²) in [5, 5.41) is 14.2. The van der Waals surface area contributed by atoms with Gasteiger partial charge in [-0.2, -0.15) is 0 Å². The minimum Gasteiger partial charge on any atom is -0.378 e. The Morgan fingerprint density at radius 2 is 2.29 bits per heavy atom. The third kappa shape index (κ3) is 4.24. The van der Waals surface area contributed by atoms with Gasteiger partial charge in [0.05, 0.1) is 24.7 Å². The SMILES string of the molecule is CN(Cc1ccccc1[N+](=O)[O-])C(=O)CC1COCCN1. The molecule has 21 heavy (non-hydrogen) atoms. The van der Waals surface area contributed by atoms with Crippen molar-refractivity contribution in [2.45, 2.75) is 19.0 Å². The lowest BCUT2D eigenvalue weighted by molar-refractivity contribution is -0.385. The molecule has 0 aromatic heterocycles. The van der Waals surface area contributed by atoms with Crippen LogP contribution in [-0.2, 0) is 16.1 Å². The van der Waals surface area contributed by atoms with Crippen molar-refractivity contribution in [3.63, 3.8) is 0 Å². The van der Waals surface area contributed by atoms with E-state index < -0.39 is 4.92 Å². The Labute approximate surface area is 123 Å². The van der Waals surface area contributed by atoms with Crippen molar-refractivity contribution in [2.24, 2.45) is 0 Å². The van der Waals surface area contributed by atoms with Gasteiger partial charge in [-0.15, -0.1) is 0 Å². The van der Waals surface area contributed by atoms with Crippen molar-refractivity contribution in [2.75, 3.05) is 26.8 Å². The maximum atomic E-state index is 12.2. The molecule has 1 fully saturated rings. The molecule has 1 saturated heterocycles. The number of hydrogen-bond acceptors (Lipinski definition) is 5. The number of nitrogens with zero attached hydrogens (tertiary/aromatic N) is 2. The number of para-hydroxylation sites is 1. The van der Waals surface area contributed by atoms with Crippen LogP contribution < -0.4 is 5.32 Å². The molecule has 1 N–H and O–H groups in total. The Balaban J connectivity index is 1.95. The lowest BCUT2D eigenvalue weighted by atomic mass is 10.1. The number of rotatable bonds is 5. The minimum atomic E-state index is -0.426. The third-order valence-corrected chi connectivity index (χ3v) is 3.44. The standard InChI is InChI=1S/C14H19N3O4/c1-16(14(18)8-12-10-21-7-6-15-12)9-11-4-2-3-5-13(11)17(19)20/h2-5,12,15H,6-10H2,1H3. The number of amides is 1. The molecule has 0 spiro atoms. The second kappa shape index (κ2) is 7.14. The zero-order chi connectivity index (χ0) is 15.2. The number of hydrogen-bond donors (Lipinski definition) is 1. The lowest BCUT2D eigenvalue weighted by Crippen LogP contribution is -2.44. The number of ether oxygens (including phenoxy) is 1. The van der Waals surface area contributed by atoms with Crippen LogP contribution in [0.2, 0.25) is 0 Å². The summed E-state index contributed by atoms with van der Waals surface area (Å²) >= 11 is 0. The molecule has 1 amide bonds. The maximum absolute atomic E-state index is 12.2. The highest BCUT2D eigenvalue weighted by molar-refractivity contribution is 5.76. The zero-order valence-electron chi connectivity index (χ0n) is 11.9. The Morgan fingerprint density at radius 3 is 2.95 bits per heavy atom. The number of carbonyl (C=O) groups is 1. The Bertz CT molecular complexity index is 515. The van der Waals surface area contributed by atoms with E-state index >= 15 is 0 Å². The first-order valence-corrected chi connectivity index (χ1v) is 6.85. The minimum absolute atomic E-state index is 0.0134. The number of nitro benzene ring substituents is 1. The average molecular weight is 293 g/mol. The van der Waals surface area contributed by atoms with Crippen LogP contribution in [-0.4, -0.2) is 48.6 Å². The normalized spacial score (nSPS) is 18.2. The van der Waals surface area contributed by atoms with Gasteiger partial charge < -0.3 is 15.0 Å². The van der Waals surface area contributed by atoms with Crippen LogP contribution in [0.3, 0.4) is 0 Å². The van der Waals surface area contributed by atoms with Crippen LogP contribution in [0.4, 0.5) is 5.69 Å². The van der Waals surface area contributed by atoms with Gasteiger partial charge in [-0.3, -0.25) is 14.9 Å². The van der Waals surface area contributed by atoms with Gasteiger partial charge in [-0.05, 0) is 0 Å². The summed E-state index contributed by atoms with van der Waals surface area (Å²) in [5.41, 5.74) is 0.572. The monoisotopic (exact) mass is 293 g/mol. The van der Waals surface area contributed by atoms with E-state index in [0.29, 0.717) is 25.2 Å². The molecule has 1 heterocycles. The van der Waals surface area contributed by atoms with Crippen molar-refractivity contribution in [3.05, 3.63) is 39.9 Å². The molecule has 1 aliphatic heterocycles. The molecule has 1 aromatic carbocycles. The highest BCUT2D eigenvalue weighted by atomic mass is 16.6. The topological polar surface area (TPSA) is 84.7 Å². The molecule has 1 atom stereocenters. The van der Waals surface area contributed by atoms with Gasteiger partial charge in [-0.1, -0.05) is 18.2 Å². The van der Waals surface area contributed by atoms with Crippen LogP contribution in [0.15, 0.2) is 24.3 Å². The van der Waals surface area contributed by atoms with Crippen LogP contribution >= 0.6 is 0 Å². The maximum Gasteiger partial charge on any atom is 0.274 e. The first kappa shape index (κ1) is 15.4. The largest absolute Gasteiger partial charge is 0.378 e. The molecule has 0 radical (unpaired) electrons. The number of nitro groups is 1. The van der Waals surface area contributed by atoms with E-state index in [-0.39, 0.29) is 24.2 Å². The fourth-order valence-electron chi connectivity index (χ4n) is 2.28. The van der Waals surface area contributed by atoms with Crippen molar-refractivity contribution >= 4 is 11.6 Å². The van der Waals surface area contributed by atoms with Crippen molar-refractivity contribution in [1.29, 1.82) is 0 Å². The molecule has 7 heteroatoms. The molecular formula is C14H19N3O4. The van der Waals surface area contributed by atoms with E-state index in [1.165, 1.54) is 11.0 Å². The zero-order valence-corrected chi connectivity index (χ0v) is 11.9. The van der Waals surface area contributed by atoms with Gasteiger partial charge in [-0.25, -0.2) is 0 Å². The van der Waals surface area contributed by atoms with Gasteiger partial charge in [0.25, 0.3) is 5.69 Å². The Morgan fingerprint density at radius 1 is 1.52 bits per heavy atom. The van der Waals surface area contributed by atoms with Crippen LogP contribution in [0.5, 0.6) is 0 Å². The molecule has 0 bridgehead atoms. The predicted molar refractivity (Wildman–Crippen MR) is 76.8 cm³/mol. The molecule has 1 aliphatic rings. The van der Waals surface area contributed by atoms with Crippen LogP contribution in [0.1, 0.15) is 12.0 Å². The van der Waals surface area contributed by atoms with Crippen molar-refractivity contribution < 1.29 is 14.5 Å². The van der Waals surface area contributed by atoms with Gasteiger partial charge in [0.15, 0.2) is 0 Å². The summed E-state index contributed by atoms with van der Waals surface area (Å²) in [6.45, 7) is 2.15. The highest BCUT2D eigenvalue weighted by Gasteiger charge is 2.21. The first-order valence-electron chi connectivity index (χ1n) is 6.85. The number of benzene rings is 1. The molecule has 2 rings (SSSR count). The van der Waals surface area contributed by atoms with Gasteiger partial charge in [0, 0.05) is 37.7 Å². The first-order chi connectivity index (χ1) is 10.1. The van der Waals surface area contributed by atoms with Crippen molar-refractivity contribution in [1.82, 2.24) is 10.2 Å². The summed E-state index contributed by atoms with van der Waals surface area (Å²) in [7, 11) is 1.66. The summed E-state index contributed by atoms with van der Waals surface area (Å²) in [5.74, 6) is -0.0591. The van der Waals surface area contributed by atoms with E-state index in [1.54, 1.807) is 25.2 Å². The molecule has 1 unspecified atom stereocenters. The van der Waals surface area contributed by atoms with Crippen LogP contribution in [0.25, 0.3) is 0 Å². The molecule has 0 saturated carbocycles. The van der Waals surface area contributed by atoms with E-state index in [1.807, 2.05) is 0 Å². The van der Waals surface area contributed by atoms with E-state index in [2.05, 4.69) is 5.32 Å². The second-order valence-electron chi connectivity index (χ2n) is 5.07. The molecular weight excluding hydrogens is 274 g/mol. The van der Waals surface area contributed by atoms with E-state index in [4.69, 9.17) is 4.74 Å². The summed E-state index contributed by atoms with van der Waals surface area (Å²) in [6, 6.07) is 6.48. The second-order valence-corrected chi connectivity index (χ2v) is 5.07. The van der Waals surface area contributed by atoms with Crippen LogP contribution in [0, 0.1) is 10.1 Å². The lowest BCUT2D eigenvalue weighted by Gasteiger charge is -2.25. The fourth-order valence-corrected chi connectivity index (χ4v) is 2.28. The summed E-state index contributed by atoms with van der Waals surface area (Å²) < 4.78 is 5.31. The molecule has 7 nitrogen and oxygen atoms in total. The van der Waals surface area contributed by atoms with Crippen molar-refractivity contribution in [3.8, 4) is 0 Å². The third-order valence-electron chi connectivity index (χ3n) is 3.44. The fraction of sp³-hybridized carbons (Fsp3) is 0.500. The molecule has 0 aliphatic carbocycles. The highest BCUT2D eigenvalue weighted by Crippen LogP contribution is 2.19. The molecule has 114 valence electrons. The van der Waals surface area contributed by atoms with E-state index in [9.17, 15) is 14.9 Å². The number of morpholine rings is 1. The van der Waals surface area contributed by atoms with Gasteiger partial charge in [0.1, 0.15) is 0 Å². The number of carbonyl (C=O) groups excluding carboxylic acids is 1. The smallest absolute Gasteiger partial charge is 0.274 e. The number of nitrogens with one attached hydrogen (secondary N) is 1. The summed E-state index contributed by atoms with van der Waals surface area (Å²) in [4.78, 5) is 24.2. The average Bonchev–Trinajstić information content (AvgIpc) is 2.48. The van der Waals surface area contributed by atoms with Gasteiger partial charge >= 0.3 is 0 Å². The predicted octanol–water partition coefficient (Wildman–Crippen LogP) is 0.932. The Kier molecular flexibility index (Phi) is 5.24. The summed E-state index contributed by atoms with van der Waals surface area (Å²) in [6.07, 6.45) is 0.330. The molecule has 1 aromatic rings. The van der Waals surface area contributed by atoms with E-state index in [0.717, 1.165) is 6.54 Å². The van der Waals surface area contributed by atoms with Gasteiger partial charge in [0.2, 0.25) is 5.91 Å². The quantitative estimate of drug-likeness (QED) is 0.645.